The Bertz CT molecular complexity index is 1170. The summed E-state index contributed by atoms with van der Waals surface area (Å²) in [4.78, 5) is 4.54. The summed E-state index contributed by atoms with van der Waals surface area (Å²) in [6.07, 6.45) is 5.66. The fourth-order valence-corrected chi connectivity index (χ4v) is 6.64. The molecule has 4 nitrogen and oxygen atoms in total. The molecule has 0 aliphatic carbocycles. The van der Waals surface area contributed by atoms with Gasteiger partial charge in [-0.3, -0.25) is 4.98 Å². The molecule has 1 aromatic heterocycles. The zero-order chi connectivity index (χ0) is 23.2. The van der Waals surface area contributed by atoms with Gasteiger partial charge in [-0.15, -0.1) is 6.58 Å². The van der Waals surface area contributed by atoms with E-state index in [1.807, 2.05) is 30.5 Å². The van der Waals surface area contributed by atoms with Gasteiger partial charge in [0.25, 0.3) is 0 Å². The molecule has 33 heavy (non-hydrogen) atoms. The summed E-state index contributed by atoms with van der Waals surface area (Å²) in [5.41, 5.74) is 5.84. The number of methoxy groups -OCH3 is 1. The van der Waals surface area contributed by atoms with E-state index < -0.39 is 6.10 Å². The number of fused-ring (bicyclic) bond motifs is 4. The number of rotatable bonds is 6. The van der Waals surface area contributed by atoms with E-state index in [4.69, 9.17) is 4.74 Å². The summed E-state index contributed by atoms with van der Waals surface area (Å²) in [5.74, 6) is 1.91. The predicted octanol–water partition coefficient (Wildman–Crippen LogP) is 5.51. The highest BCUT2D eigenvalue weighted by atomic mass is 16.5. The number of quaternary nitrogens is 1. The van der Waals surface area contributed by atoms with Crippen LogP contribution in [-0.2, 0) is 6.54 Å². The first-order valence-electron chi connectivity index (χ1n) is 12.1. The number of piperidine rings is 3. The van der Waals surface area contributed by atoms with Crippen molar-refractivity contribution in [2.45, 2.75) is 45.4 Å². The van der Waals surface area contributed by atoms with Gasteiger partial charge in [-0.1, -0.05) is 35.4 Å². The number of aromatic nitrogens is 1. The Hall–Kier alpha value is -2.69. The van der Waals surface area contributed by atoms with Crippen LogP contribution in [0.25, 0.3) is 10.9 Å². The highest BCUT2D eigenvalue weighted by molar-refractivity contribution is 5.83. The second-order valence-corrected chi connectivity index (χ2v) is 10.3. The molecule has 2 bridgehead atoms. The van der Waals surface area contributed by atoms with Gasteiger partial charge < -0.3 is 14.3 Å². The summed E-state index contributed by atoms with van der Waals surface area (Å²) in [5, 5.41) is 12.9. The number of pyridine rings is 1. The van der Waals surface area contributed by atoms with Gasteiger partial charge in [0.05, 0.1) is 25.7 Å². The molecule has 0 spiro atoms. The summed E-state index contributed by atoms with van der Waals surface area (Å²) >= 11 is 0. The van der Waals surface area contributed by atoms with Gasteiger partial charge in [-0.05, 0) is 49.6 Å². The lowest BCUT2D eigenvalue weighted by Gasteiger charge is -2.58. The monoisotopic (exact) mass is 443 g/mol. The van der Waals surface area contributed by atoms with Crippen LogP contribution in [0.1, 0.15) is 41.2 Å². The molecule has 172 valence electrons. The molecule has 4 heterocycles. The largest absolute Gasteiger partial charge is 0.497 e. The minimum Gasteiger partial charge on any atom is -0.497 e. The third kappa shape index (κ3) is 3.96. The van der Waals surface area contributed by atoms with Crippen LogP contribution < -0.4 is 4.74 Å². The van der Waals surface area contributed by atoms with E-state index in [0.717, 1.165) is 52.8 Å². The Morgan fingerprint density at radius 1 is 1.18 bits per heavy atom. The van der Waals surface area contributed by atoms with Gasteiger partial charge in [-0.25, -0.2) is 0 Å². The quantitative estimate of drug-likeness (QED) is 0.404. The third-order valence-electron chi connectivity index (χ3n) is 8.12. The SMILES string of the molecule is C=C[C@H]1C[N+]2(Cc3cc(C)cc(C)c3)CC[C@H]1C[C@@H]2[C@@H](O)c1ccnc2ccc(OC)cc12. The number of hydrogen-bond acceptors (Lipinski definition) is 3. The molecule has 0 amide bonds. The minimum absolute atomic E-state index is 0.151. The standard InChI is InChI=1S/C29H35N2O2/c1-5-22-18-31(17-21-13-19(2)12-20(3)14-21)11-9-23(22)15-28(31)29(32)25-8-10-30-27-7-6-24(33-4)16-26(25)27/h5-8,10,12-14,16,22-23,28-29,32H,1,9,11,15,17-18H2,2-4H3/q+1/t22-,23-,28+,29-,31?/m0/s1. The van der Waals surface area contributed by atoms with Crippen molar-refractivity contribution in [3.8, 4) is 5.75 Å². The number of nitrogens with zero attached hydrogens (tertiary/aromatic N) is 2. The van der Waals surface area contributed by atoms with Crippen molar-refractivity contribution in [1.82, 2.24) is 4.98 Å². The Balaban J connectivity index is 1.57. The highest BCUT2D eigenvalue weighted by Crippen LogP contribution is 2.48. The van der Waals surface area contributed by atoms with Gasteiger partial charge in [0.1, 0.15) is 24.4 Å². The number of hydrogen-bond donors (Lipinski definition) is 1. The van der Waals surface area contributed by atoms with E-state index >= 15 is 0 Å². The molecule has 1 N–H and O–H groups in total. The zero-order valence-corrected chi connectivity index (χ0v) is 20.0. The Morgan fingerprint density at radius 3 is 2.70 bits per heavy atom. The first-order chi connectivity index (χ1) is 15.9. The van der Waals surface area contributed by atoms with E-state index in [0.29, 0.717) is 11.8 Å². The van der Waals surface area contributed by atoms with Crippen LogP contribution in [0.5, 0.6) is 5.75 Å². The molecule has 3 fully saturated rings. The fourth-order valence-electron chi connectivity index (χ4n) is 6.64. The van der Waals surface area contributed by atoms with Crippen LogP contribution in [0.4, 0.5) is 0 Å². The average Bonchev–Trinajstić information content (AvgIpc) is 2.82. The molecule has 3 aliphatic heterocycles. The maximum Gasteiger partial charge on any atom is 0.131 e. The van der Waals surface area contributed by atoms with E-state index in [-0.39, 0.29) is 6.04 Å². The number of aliphatic hydroxyl groups excluding tert-OH is 1. The van der Waals surface area contributed by atoms with Crippen LogP contribution in [0.15, 0.2) is 61.3 Å². The van der Waals surface area contributed by atoms with E-state index in [1.165, 1.54) is 23.1 Å². The van der Waals surface area contributed by atoms with Crippen molar-refractivity contribution in [2.75, 3.05) is 20.2 Å². The van der Waals surface area contributed by atoms with Crippen LogP contribution in [0.2, 0.25) is 0 Å². The van der Waals surface area contributed by atoms with Crippen LogP contribution in [-0.4, -0.2) is 40.8 Å². The van der Waals surface area contributed by atoms with E-state index in [1.54, 1.807) is 7.11 Å². The van der Waals surface area contributed by atoms with Crippen molar-refractivity contribution in [3.05, 3.63) is 83.6 Å². The molecular weight excluding hydrogens is 408 g/mol. The molecule has 3 aliphatic rings. The van der Waals surface area contributed by atoms with Gasteiger partial charge in [0.15, 0.2) is 0 Å². The van der Waals surface area contributed by atoms with Crippen LogP contribution in [0.3, 0.4) is 0 Å². The summed E-state index contributed by atoms with van der Waals surface area (Å²) in [7, 11) is 1.68. The number of aryl methyl sites for hydroxylation is 2. The van der Waals surface area contributed by atoms with E-state index in [2.05, 4.69) is 49.7 Å². The number of benzene rings is 2. The first-order valence-corrected chi connectivity index (χ1v) is 12.1. The molecule has 6 rings (SSSR count). The molecule has 2 aromatic carbocycles. The first kappa shape index (κ1) is 22.1. The maximum absolute atomic E-state index is 11.9. The van der Waals surface area contributed by atoms with Crippen molar-refractivity contribution >= 4 is 10.9 Å². The van der Waals surface area contributed by atoms with E-state index in [9.17, 15) is 5.11 Å². The summed E-state index contributed by atoms with van der Waals surface area (Å²) < 4.78 is 6.40. The molecule has 4 heteroatoms. The van der Waals surface area contributed by atoms with Gasteiger partial charge >= 0.3 is 0 Å². The maximum atomic E-state index is 11.9. The Kier molecular flexibility index (Phi) is 5.75. The van der Waals surface area contributed by atoms with Crippen molar-refractivity contribution in [3.63, 3.8) is 0 Å². The zero-order valence-electron chi connectivity index (χ0n) is 20.0. The van der Waals surface area contributed by atoms with Crippen LogP contribution in [0, 0.1) is 25.7 Å². The highest BCUT2D eigenvalue weighted by Gasteiger charge is 2.54. The molecule has 3 saturated heterocycles. The van der Waals surface area contributed by atoms with Gasteiger partial charge in [-0.2, -0.15) is 0 Å². The van der Waals surface area contributed by atoms with Crippen molar-refractivity contribution < 1.29 is 14.3 Å². The molecular formula is C29H35N2O2+. The van der Waals surface area contributed by atoms with Gasteiger partial charge in [0.2, 0.25) is 0 Å². The Morgan fingerprint density at radius 2 is 1.97 bits per heavy atom. The topological polar surface area (TPSA) is 42.4 Å². The number of ether oxygens (including phenoxy) is 1. The molecule has 1 unspecified atom stereocenters. The lowest BCUT2D eigenvalue weighted by molar-refractivity contribution is -0.984. The lowest BCUT2D eigenvalue weighted by atomic mass is 9.71. The normalized spacial score (nSPS) is 27.5. The fraction of sp³-hybridized carbons (Fsp3) is 0.414. The van der Waals surface area contributed by atoms with Crippen molar-refractivity contribution in [2.24, 2.45) is 11.8 Å². The molecule has 5 atom stereocenters. The second kappa shape index (κ2) is 8.58. The summed E-state index contributed by atoms with van der Waals surface area (Å²) in [6.45, 7) is 11.6. The minimum atomic E-state index is -0.554. The molecule has 0 radical (unpaired) electrons. The predicted molar refractivity (Wildman–Crippen MR) is 133 cm³/mol. The second-order valence-electron chi connectivity index (χ2n) is 10.3. The molecule has 3 aromatic rings. The van der Waals surface area contributed by atoms with Gasteiger partial charge in [0, 0.05) is 35.9 Å². The number of aliphatic hydroxyl groups is 1. The Labute approximate surface area is 197 Å². The smallest absolute Gasteiger partial charge is 0.131 e. The van der Waals surface area contributed by atoms with Crippen LogP contribution >= 0.6 is 0 Å². The molecule has 0 saturated carbocycles. The summed E-state index contributed by atoms with van der Waals surface area (Å²) in [6, 6.07) is 14.9. The lowest BCUT2D eigenvalue weighted by Crippen LogP contribution is -2.67. The average molecular weight is 444 g/mol. The van der Waals surface area contributed by atoms with Crippen molar-refractivity contribution in [1.29, 1.82) is 0 Å². The third-order valence-corrected chi connectivity index (χ3v) is 8.12.